The summed E-state index contributed by atoms with van der Waals surface area (Å²) in [5.74, 6) is 0.778. The Bertz CT molecular complexity index is 959. The van der Waals surface area contributed by atoms with Gasteiger partial charge in [-0.25, -0.2) is 4.98 Å². The molecule has 0 radical (unpaired) electrons. The van der Waals surface area contributed by atoms with Crippen molar-refractivity contribution in [2.24, 2.45) is 0 Å². The van der Waals surface area contributed by atoms with E-state index in [1.54, 1.807) is 18.4 Å². The maximum Gasteiger partial charge on any atom is 0.278 e. The number of aryl methyl sites for hydroxylation is 1. The number of nitrogens with one attached hydrogen (secondary N) is 2. The highest BCUT2D eigenvalue weighted by Crippen LogP contribution is 2.19. The molecule has 8 heteroatoms. The highest BCUT2D eigenvalue weighted by molar-refractivity contribution is 7.99. The number of furan rings is 1. The van der Waals surface area contributed by atoms with Gasteiger partial charge in [0.15, 0.2) is 5.16 Å². The summed E-state index contributed by atoms with van der Waals surface area (Å²) in [6.45, 7) is 6.12. The summed E-state index contributed by atoms with van der Waals surface area (Å²) in [5, 5.41) is 3.42. The van der Waals surface area contributed by atoms with Crippen molar-refractivity contribution in [1.29, 1.82) is 0 Å². The zero-order valence-corrected chi connectivity index (χ0v) is 15.9. The van der Waals surface area contributed by atoms with Crippen molar-refractivity contribution in [2.75, 3.05) is 5.75 Å². The number of aromatic nitrogens is 3. The quantitative estimate of drug-likeness (QED) is 0.490. The molecule has 0 aliphatic heterocycles. The fourth-order valence-electron chi connectivity index (χ4n) is 2.57. The van der Waals surface area contributed by atoms with Crippen LogP contribution in [0.1, 0.15) is 31.7 Å². The van der Waals surface area contributed by atoms with Gasteiger partial charge in [-0.15, -0.1) is 0 Å². The number of amides is 1. The Morgan fingerprint density at radius 3 is 3.00 bits per heavy atom. The number of thioether (sulfide) groups is 1. The van der Waals surface area contributed by atoms with Crippen molar-refractivity contribution in [1.82, 2.24) is 19.9 Å². The van der Waals surface area contributed by atoms with Crippen molar-refractivity contribution >= 4 is 28.7 Å². The molecule has 3 aromatic rings. The number of fused-ring (bicyclic) bond motifs is 1. The van der Waals surface area contributed by atoms with E-state index in [9.17, 15) is 9.59 Å². The van der Waals surface area contributed by atoms with Crippen molar-refractivity contribution in [3.05, 3.63) is 46.3 Å². The maximum atomic E-state index is 12.9. The summed E-state index contributed by atoms with van der Waals surface area (Å²) in [6, 6.07) is 5.53. The molecule has 1 amide bonds. The smallest absolute Gasteiger partial charge is 0.278 e. The SMILES string of the molecule is CC[C@@H](C)NC(=O)CSc1nc2cc(C)[nH]c2c(=O)n1Cc1ccco1. The number of H-pyrrole nitrogens is 1. The standard InChI is InChI=1S/C18H22N4O3S/c1-4-11(2)19-15(23)10-26-18-21-14-8-12(3)20-16(14)17(24)22(18)9-13-6-5-7-25-13/h5-8,11,20H,4,9-10H2,1-3H3,(H,19,23)/t11-/m1/s1. The lowest BCUT2D eigenvalue weighted by molar-refractivity contribution is -0.119. The summed E-state index contributed by atoms with van der Waals surface area (Å²) >= 11 is 1.25. The minimum Gasteiger partial charge on any atom is -0.467 e. The van der Waals surface area contributed by atoms with E-state index in [2.05, 4.69) is 15.3 Å². The van der Waals surface area contributed by atoms with Crippen LogP contribution in [0, 0.1) is 6.92 Å². The molecular formula is C18H22N4O3S. The second kappa shape index (κ2) is 7.82. The Balaban J connectivity index is 1.91. The van der Waals surface area contributed by atoms with E-state index in [-0.39, 0.29) is 29.8 Å². The van der Waals surface area contributed by atoms with Gasteiger partial charge in [-0.3, -0.25) is 14.2 Å². The largest absolute Gasteiger partial charge is 0.467 e. The maximum absolute atomic E-state index is 12.9. The monoisotopic (exact) mass is 374 g/mol. The molecule has 3 rings (SSSR count). The lowest BCUT2D eigenvalue weighted by Gasteiger charge is -2.13. The molecule has 7 nitrogen and oxygen atoms in total. The van der Waals surface area contributed by atoms with Gasteiger partial charge in [0.1, 0.15) is 11.3 Å². The van der Waals surface area contributed by atoms with E-state index in [0.717, 1.165) is 12.1 Å². The molecule has 3 aromatic heterocycles. The second-order valence-corrected chi connectivity index (χ2v) is 7.19. The van der Waals surface area contributed by atoms with Crippen LogP contribution in [0.2, 0.25) is 0 Å². The zero-order chi connectivity index (χ0) is 18.7. The third-order valence-corrected chi connectivity index (χ3v) is 5.06. The topological polar surface area (TPSA) is 92.9 Å². The van der Waals surface area contributed by atoms with Crippen molar-refractivity contribution in [2.45, 2.75) is 44.9 Å². The predicted octanol–water partition coefficient (Wildman–Crippen LogP) is 2.68. The molecular weight excluding hydrogens is 352 g/mol. The normalized spacial score (nSPS) is 12.4. The van der Waals surface area contributed by atoms with Gasteiger partial charge >= 0.3 is 0 Å². The Kier molecular flexibility index (Phi) is 5.51. The average molecular weight is 374 g/mol. The number of hydrogen-bond donors (Lipinski definition) is 2. The van der Waals surface area contributed by atoms with Gasteiger partial charge in [-0.05, 0) is 38.5 Å². The number of nitrogens with zero attached hydrogens (tertiary/aromatic N) is 2. The molecule has 138 valence electrons. The first kappa shape index (κ1) is 18.3. The van der Waals surface area contributed by atoms with Gasteiger partial charge in [0.25, 0.3) is 5.56 Å². The summed E-state index contributed by atoms with van der Waals surface area (Å²) < 4.78 is 6.91. The average Bonchev–Trinajstić information content (AvgIpc) is 3.24. The third kappa shape index (κ3) is 4.01. The molecule has 2 N–H and O–H groups in total. The first-order valence-corrected chi connectivity index (χ1v) is 9.51. The first-order chi connectivity index (χ1) is 12.5. The van der Waals surface area contributed by atoms with Gasteiger partial charge in [-0.2, -0.15) is 0 Å². The Morgan fingerprint density at radius 1 is 1.50 bits per heavy atom. The van der Waals surface area contributed by atoms with Gasteiger partial charge in [-0.1, -0.05) is 18.7 Å². The molecule has 0 aliphatic carbocycles. The third-order valence-electron chi connectivity index (χ3n) is 4.08. The van der Waals surface area contributed by atoms with Crippen LogP contribution in [0.15, 0.2) is 38.8 Å². The van der Waals surface area contributed by atoms with E-state index in [4.69, 9.17) is 4.42 Å². The van der Waals surface area contributed by atoms with Crippen LogP contribution in [0.25, 0.3) is 11.0 Å². The molecule has 1 atom stereocenters. The van der Waals surface area contributed by atoms with Crippen LogP contribution in [0.3, 0.4) is 0 Å². The Morgan fingerprint density at radius 2 is 2.31 bits per heavy atom. The fraction of sp³-hybridized carbons (Fsp3) is 0.389. The highest BCUT2D eigenvalue weighted by Gasteiger charge is 2.16. The molecule has 3 heterocycles. The lowest BCUT2D eigenvalue weighted by atomic mass is 10.3. The summed E-state index contributed by atoms with van der Waals surface area (Å²) in [5.41, 5.74) is 1.76. The van der Waals surface area contributed by atoms with Crippen molar-refractivity contribution < 1.29 is 9.21 Å². The van der Waals surface area contributed by atoms with Gasteiger partial charge in [0, 0.05) is 11.7 Å². The zero-order valence-electron chi connectivity index (χ0n) is 15.0. The molecule has 0 bridgehead atoms. The van der Waals surface area contributed by atoms with E-state index in [1.807, 2.05) is 26.8 Å². The molecule has 0 fully saturated rings. The van der Waals surface area contributed by atoms with Gasteiger partial charge in [0.05, 0.1) is 24.1 Å². The molecule has 0 aliphatic rings. The molecule has 0 saturated heterocycles. The number of carbonyl (C=O) groups is 1. The minimum absolute atomic E-state index is 0.0755. The summed E-state index contributed by atoms with van der Waals surface area (Å²) in [7, 11) is 0. The van der Waals surface area contributed by atoms with E-state index < -0.39 is 0 Å². The number of rotatable bonds is 7. The Labute approximate surface area is 155 Å². The lowest BCUT2D eigenvalue weighted by Crippen LogP contribution is -2.33. The molecule has 0 spiro atoms. The van der Waals surface area contributed by atoms with Crippen LogP contribution >= 0.6 is 11.8 Å². The molecule has 0 unspecified atom stereocenters. The van der Waals surface area contributed by atoms with E-state index in [0.29, 0.717) is 22.0 Å². The van der Waals surface area contributed by atoms with Crippen molar-refractivity contribution in [3.63, 3.8) is 0 Å². The van der Waals surface area contributed by atoms with Crippen LogP contribution in [-0.2, 0) is 11.3 Å². The number of hydrogen-bond acceptors (Lipinski definition) is 5. The number of aromatic amines is 1. The van der Waals surface area contributed by atoms with E-state index in [1.165, 1.54) is 16.3 Å². The van der Waals surface area contributed by atoms with E-state index >= 15 is 0 Å². The summed E-state index contributed by atoms with van der Waals surface area (Å²) in [4.78, 5) is 32.6. The van der Waals surface area contributed by atoms with Crippen LogP contribution in [0.5, 0.6) is 0 Å². The molecule has 26 heavy (non-hydrogen) atoms. The summed E-state index contributed by atoms with van der Waals surface area (Å²) in [6.07, 6.45) is 2.43. The van der Waals surface area contributed by atoms with Crippen molar-refractivity contribution in [3.8, 4) is 0 Å². The first-order valence-electron chi connectivity index (χ1n) is 8.52. The fourth-order valence-corrected chi connectivity index (χ4v) is 3.38. The molecule has 0 saturated carbocycles. The van der Waals surface area contributed by atoms with Gasteiger partial charge in [0.2, 0.25) is 5.91 Å². The predicted molar refractivity (Wildman–Crippen MR) is 102 cm³/mol. The van der Waals surface area contributed by atoms with Crippen LogP contribution in [-0.4, -0.2) is 32.2 Å². The minimum atomic E-state index is -0.177. The Hall–Kier alpha value is -2.48. The number of carbonyl (C=O) groups excluding carboxylic acids is 1. The van der Waals surface area contributed by atoms with Crippen LogP contribution in [0.4, 0.5) is 0 Å². The second-order valence-electron chi connectivity index (χ2n) is 6.24. The van der Waals surface area contributed by atoms with Gasteiger partial charge < -0.3 is 14.7 Å². The molecule has 0 aromatic carbocycles. The van der Waals surface area contributed by atoms with Crippen LogP contribution < -0.4 is 10.9 Å². The highest BCUT2D eigenvalue weighted by atomic mass is 32.2.